The lowest BCUT2D eigenvalue weighted by molar-refractivity contribution is -0.172. The van der Waals surface area contributed by atoms with Crippen LogP contribution in [0.4, 0.5) is 0 Å². The maximum absolute atomic E-state index is 13.6. The fourth-order valence-corrected chi connectivity index (χ4v) is 8.54. The third-order valence-corrected chi connectivity index (χ3v) is 9.49. The lowest BCUT2D eigenvalue weighted by Gasteiger charge is -2.60. The molecule has 0 aliphatic heterocycles. The van der Waals surface area contributed by atoms with E-state index in [1.54, 1.807) is 0 Å². The van der Waals surface area contributed by atoms with E-state index in [4.69, 9.17) is 4.74 Å². The largest absolute Gasteiger partial charge is 0.463 e. The number of esters is 1. The van der Waals surface area contributed by atoms with Gasteiger partial charge in [0.1, 0.15) is 11.9 Å². The average Bonchev–Trinajstić information content (AvgIpc) is 2.91. The zero-order valence-corrected chi connectivity index (χ0v) is 18.3. The molecule has 0 aromatic heterocycles. The van der Waals surface area contributed by atoms with Crippen molar-refractivity contribution in [2.75, 3.05) is 0 Å². The third-order valence-electron chi connectivity index (χ3n) is 9.49. The van der Waals surface area contributed by atoms with Crippen molar-refractivity contribution < 1.29 is 19.4 Å². The molecule has 8 atom stereocenters. The van der Waals surface area contributed by atoms with Gasteiger partial charge in [0.15, 0.2) is 0 Å². The zero-order chi connectivity index (χ0) is 20.5. The van der Waals surface area contributed by atoms with Crippen molar-refractivity contribution >= 4 is 11.8 Å². The predicted molar refractivity (Wildman–Crippen MR) is 107 cm³/mol. The van der Waals surface area contributed by atoms with Gasteiger partial charge in [-0.1, -0.05) is 13.8 Å². The minimum absolute atomic E-state index is 0.0298. The maximum Gasteiger partial charge on any atom is 0.302 e. The van der Waals surface area contributed by atoms with Gasteiger partial charge in [0.25, 0.3) is 0 Å². The number of ketones is 1. The molecule has 0 heterocycles. The molecule has 0 radical (unpaired) electrons. The van der Waals surface area contributed by atoms with Gasteiger partial charge < -0.3 is 9.84 Å². The number of fused-ring (bicyclic) bond motifs is 5. The topological polar surface area (TPSA) is 63.6 Å². The molecule has 158 valence electrons. The normalized spacial score (nSPS) is 48.4. The predicted octanol–water partition coefficient (Wildman–Crippen LogP) is 4.53. The summed E-state index contributed by atoms with van der Waals surface area (Å²) in [5, 5.41) is 10.8. The second-order valence-electron chi connectivity index (χ2n) is 11.5. The fraction of sp³-hybridized carbons (Fsp3) is 0.917. The molecule has 4 aliphatic rings. The SMILES string of the molecule is CC(=O)O[C@@H]1CC[C@@]2(C)[C@H](CC[C@H]3[C@@H]4CC[C@H](C(C)(C)O)[C@@]4(C)CC(=O)[C@@H]32)C1. The van der Waals surface area contributed by atoms with E-state index in [-0.39, 0.29) is 34.7 Å². The number of hydrogen-bond donors (Lipinski definition) is 1. The van der Waals surface area contributed by atoms with E-state index in [1.165, 1.54) is 6.92 Å². The van der Waals surface area contributed by atoms with E-state index in [1.807, 2.05) is 13.8 Å². The van der Waals surface area contributed by atoms with Crippen LogP contribution >= 0.6 is 0 Å². The van der Waals surface area contributed by atoms with Crippen LogP contribution < -0.4 is 0 Å². The number of carbonyl (C=O) groups excluding carboxylic acids is 2. The molecule has 4 fully saturated rings. The number of hydrogen-bond acceptors (Lipinski definition) is 4. The highest BCUT2D eigenvalue weighted by Crippen LogP contribution is 2.67. The van der Waals surface area contributed by atoms with Gasteiger partial charge in [0, 0.05) is 19.3 Å². The second kappa shape index (κ2) is 6.55. The first-order valence-electron chi connectivity index (χ1n) is 11.4. The molecule has 0 spiro atoms. The Hall–Kier alpha value is -0.900. The maximum atomic E-state index is 13.6. The molecular formula is C24H38O4. The number of ether oxygens (including phenoxy) is 1. The molecule has 4 aliphatic carbocycles. The van der Waals surface area contributed by atoms with Crippen LogP contribution in [0.25, 0.3) is 0 Å². The van der Waals surface area contributed by atoms with E-state index in [0.717, 1.165) is 44.9 Å². The summed E-state index contributed by atoms with van der Waals surface area (Å²) in [4.78, 5) is 25.0. The molecule has 0 amide bonds. The fourth-order valence-electron chi connectivity index (χ4n) is 8.54. The Labute approximate surface area is 169 Å². The molecule has 4 nitrogen and oxygen atoms in total. The van der Waals surface area contributed by atoms with E-state index in [9.17, 15) is 14.7 Å². The Morgan fingerprint density at radius 3 is 2.46 bits per heavy atom. The summed E-state index contributed by atoms with van der Waals surface area (Å²) in [6.07, 6.45) is 7.89. The second-order valence-corrected chi connectivity index (χ2v) is 11.5. The Bertz CT molecular complexity index is 664. The van der Waals surface area contributed by atoms with Crippen molar-refractivity contribution in [2.24, 2.45) is 40.4 Å². The van der Waals surface area contributed by atoms with Gasteiger partial charge in [-0.05, 0) is 93.3 Å². The van der Waals surface area contributed by atoms with Crippen molar-refractivity contribution in [1.29, 1.82) is 0 Å². The summed E-state index contributed by atoms with van der Waals surface area (Å²) in [7, 11) is 0. The molecule has 4 saturated carbocycles. The van der Waals surface area contributed by atoms with Crippen LogP contribution in [0.5, 0.6) is 0 Å². The third kappa shape index (κ3) is 2.97. The van der Waals surface area contributed by atoms with Gasteiger partial charge in [-0.15, -0.1) is 0 Å². The van der Waals surface area contributed by atoms with Crippen molar-refractivity contribution in [3.05, 3.63) is 0 Å². The minimum atomic E-state index is -0.722. The van der Waals surface area contributed by atoms with Crippen LogP contribution in [0, 0.1) is 40.4 Å². The Morgan fingerprint density at radius 1 is 1.11 bits per heavy atom. The molecule has 28 heavy (non-hydrogen) atoms. The van der Waals surface area contributed by atoms with Crippen LogP contribution in [0.15, 0.2) is 0 Å². The van der Waals surface area contributed by atoms with Crippen LogP contribution in [-0.2, 0) is 14.3 Å². The highest BCUT2D eigenvalue weighted by Gasteiger charge is 2.64. The Morgan fingerprint density at radius 2 is 1.82 bits per heavy atom. The summed E-state index contributed by atoms with van der Waals surface area (Å²) in [5.41, 5.74) is -0.737. The molecule has 0 aromatic carbocycles. The first-order chi connectivity index (χ1) is 13.0. The highest BCUT2D eigenvalue weighted by molar-refractivity contribution is 5.84. The summed E-state index contributed by atoms with van der Waals surface area (Å²) in [5.74, 6) is 2.11. The average molecular weight is 391 g/mol. The van der Waals surface area contributed by atoms with E-state index >= 15 is 0 Å². The highest BCUT2D eigenvalue weighted by atomic mass is 16.5. The molecule has 0 unspecified atom stereocenters. The van der Waals surface area contributed by atoms with Gasteiger partial charge in [-0.3, -0.25) is 9.59 Å². The molecular weight excluding hydrogens is 352 g/mol. The Balaban J connectivity index is 1.60. The summed E-state index contributed by atoms with van der Waals surface area (Å²) >= 11 is 0. The van der Waals surface area contributed by atoms with E-state index < -0.39 is 5.60 Å². The van der Waals surface area contributed by atoms with Crippen molar-refractivity contribution in [3.8, 4) is 0 Å². The number of carbonyl (C=O) groups is 2. The summed E-state index contributed by atoms with van der Waals surface area (Å²) in [6, 6.07) is 0. The summed E-state index contributed by atoms with van der Waals surface area (Å²) < 4.78 is 5.53. The molecule has 4 heteroatoms. The summed E-state index contributed by atoms with van der Waals surface area (Å²) in [6.45, 7) is 9.98. The number of rotatable bonds is 2. The van der Waals surface area contributed by atoms with Crippen molar-refractivity contribution in [2.45, 2.75) is 97.7 Å². The standard InChI is InChI=1S/C24H38O4/c1-14(25)28-16-10-11-23(4)15(12-16)6-7-17-18-8-9-20(22(2,3)27)24(18,5)13-19(26)21(17)23/h15-18,20-21,27H,6-13H2,1-5H3/t15-,16-,17+,18+,20-,21-,23+,24+/m1/s1. The van der Waals surface area contributed by atoms with E-state index in [2.05, 4.69) is 13.8 Å². The van der Waals surface area contributed by atoms with Crippen LogP contribution in [0.1, 0.15) is 86.0 Å². The lowest BCUT2D eigenvalue weighted by atomic mass is 9.44. The van der Waals surface area contributed by atoms with Gasteiger partial charge in [-0.2, -0.15) is 0 Å². The smallest absolute Gasteiger partial charge is 0.302 e. The monoisotopic (exact) mass is 390 g/mol. The molecule has 1 N–H and O–H groups in total. The first-order valence-corrected chi connectivity index (χ1v) is 11.4. The Kier molecular flexibility index (Phi) is 4.77. The van der Waals surface area contributed by atoms with Crippen LogP contribution in [0.2, 0.25) is 0 Å². The molecule has 4 rings (SSSR count). The van der Waals surface area contributed by atoms with E-state index in [0.29, 0.717) is 30.0 Å². The molecule has 0 aromatic rings. The van der Waals surface area contributed by atoms with Gasteiger partial charge in [0.2, 0.25) is 0 Å². The van der Waals surface area contributed by atoms with Gasteiger partial charge >= 0.3 is 5.97 Å². The lowest BCUT2D eigenvalue weighted by Crippen LogP contribution is -2.58. The van der Waals surface area contributed by atoms with Crippen LogP contribution in [-0.4, -0.2) is 28.6 Å². The van der Waals surface area contributed by atoms with Crippen molar-refractivity contribution in [3.63, 3.8) is 0 Å². The first kappa shape index (κ1) is 20.4. The number of Topliss-reactive ketones (excluding diaryl/α,β-unsaturated/α-hetero) is 1. The molecule has 0 saturated heterocycles. The quantitative estimate of drug-likeness (QED) is 0.704. The van der Waals surface area contributed by atoms with Gasteiger partial charge in [-0.25, -0.2) is 0 Å². The van der Waals surface area contributed by atoms with Crippen LogP contribution in [0.3, 0.4) is 0 Å². The van der Waals surface area contributed by atoms with Gasteiger partial charge in [0.05, 0.1) is 5.60 Å². The molecule has 0 bridgehead atoms. The number of aliphatic hydroxyl groups is 1. The minimum Gasteiger partial charge on any atom is -0.463 e. The van der Waals surface area contributed by atoms with Crippen molar-refractivity contribution in [1.82, 2.24) is 0 Å². The zero-order valence-electron chi connectivity index (χ0n) is 18.3.